The fourth-order valence-corrected chi connectivity index (χ4v) is 2.74. The van der Waals surface area contributed by atoms with E-state index in [2.05, 4.69) is 34.7 Å². The zero-order chi connectivity index (χ0) is 16.5. The summed E-state index contributed by atoms with van der Waals surface area (Å²) in [4.78, 5) is 18.5. The minimum atomic E-state index is 0.170. The van der Waals surface area contributed by atoms with Gasteiger partial charge in [-0.3, -0.25) is 9.79 Å². The molecular formula is C18H28N4O. The fourth-order valence-electron chi connectivity index (χ4n) is 2.74. The van der Waals surface area contributed by atoms with Gasteiger partial charge in [-0.2, -0.15) is 0 Å². The molecule has 2 rings (SSSR count). The molecule has 0 spiro atoms. The third kappa shape index (κ3) is 5.58. The summed E-state index contributed by atoms with van der Waals surface area (Å²) in [7, 11) is 0. The highest BCUT2D eigenvalue weighted by molar-refractivity contribution is 5.81. The molecule has 1 atom stereocenters. The van der Waals surface area contributed by atoms with Crippen molar-refractivity contribution in [2.45, 2.75) is 39.2 Å². The Morgan fingerprint density at radius 2 is 1.96 bits per heavy atom. The first kappa shape index (κ1) is 17.3. The van der Waals surface area contributed by atoms with Crippen LogP contribution in [0, 0.1) is 0 Å². The molecule has 0 radical (unpaired) electrons. The topological polar surface area (TPSA) is 56.7 Å². The van der Waals surface area contributed by atoms with E-state index in [0.29, 0.717) is 13.0 Å². The van der Waals surface area contributed by atoms with Crippen LogP contribution < -0.4 is 10.6 Å². The Morgan fingerprint density at radius 3 is 2.61 bits per heavy atom. The number of nitrogens with one attached hydrogen (secondary N) is 2. The third-order valence-electron chi connectivity index (χ3n) is 4.05. The number of guanidine groups is 1. The highest BCUT2D eigenvalue weighted by Crippen LogP contribution is 2.11. The maximum atomic E-state index is 12.0. The lowest BCUT2D eigenvalue weighted by atomic mass is 10.1. The van der Waals surface area contributed by atoms with Crippen molar-refractivity contribution in [1.82, 2.24) is 15.5 Å². The van der Waals surface area contributed by atoms with Crippen molar-refractivity contribution >= 4 is 11.9 Å². The molecule has 1 unspecified atom stereocenters. The minimum Gasteiger partial charge on any atom is -0.357 e. The number of amides is 1. The molecule has 5 heteroatoms. The van der Waals surface area contributed by atoms with Gasteiger partial charge < -0.3 is 15.5 Å². The van der Waals surface area contributed by atoms with Crippen LogP contribution in [0.15, 0.2) is 35.3 Å². The van der Waals surface area contributed by atoms with Crippen LogP contribution in [-0.4, -0.2) is 42.9 Å². The molecule has 0 aliphatic carbocycles. The fraction of sp³-hybridized carbons (Fsp3) is 0.556. The Hall–Kier alpha value is -2.04. The van der Waals surface area contributed by atoms with Gasteiger partial charge in [0.1, 0.15) is 0 Å². The summed E-state index contributed by atoms with van der Waals surface area (Å²) in [5, 5.41) is 6.63. The molecular weight excluding hydrogens is 288 g/mol. The molecule has 2 N–H and O–H groups in total. The van der Waals surface area contributed by atoms with E-state index >= 15 is 0 Å². The Kier molecular flexibility index (Phi) is 6.91. The minimum absolute atomic E-state index is 0.170. The average molecular weight is 316 g/mol. The first-order valence-corrected chi connectivity index (χ1v) is 8.58. The van der Waals surface area contributed by atoms with Crippen LogP contribution >= 0.6 is 0 Å². The van der Waals surface area contributed by atoms with E-state index in [1.807, 2.05) is 30.0 Å². The van der Waals surface area contributed by atoms with Crippen LogP contribution in [0.2, 0.25) is 0 Å². The van der Waals surface area contributed by atoms with Crippen LogP contribution in [0.3, 0.4) is 0 Å². The highest BCUT2D eigenvalue weighted by atomic mass is 16.2. The largest absolute Gasteiger partial charge is 0.357 e. The first-order chi connectivity index (χ1) is 11.2. The summed E-state index contributed by atoms with van der Waals surface area (Å²) >= 11 is 0. The highest BCUT2D eigenvalue weighted by Gasteiger charge is 2.17. The Bertz CT molecular complexity index is 509. The first-order valence-electron chi connectivity index (χ1n) is 8.58. The van der Waals surface area contributed by atoms with E-state index in [4.69, 9.17) is 0 Å². The van der Waals surface area contributed by atoms with Crippen LogP contribution in [0.25, 0.3) is 0 Å². The second-order valence-corrected chi connectivity index (χ2v) is 5.88. The predicted molar refractivity (Wildman–Crippen MR) is 94.4 cm³/mol. The predicted octanol–water partition coefficient (Wildman–Crippen LogP) is 2.32. The van der Waals surface area contributed by atoms with Crippen LogP contribution in [-0.2, 0) is 4.79 Å². The summed E-state index contributed by atoms with van der Waals surface area (Å²) in [6.45, 7) is 7.29. The number of benzene rings is 1. The molecule has 0 aromatic heterocycles. The number of carbonyl (C=O) groups is 1. The lowest BCUT2D eigenvalue weighted by molar-refractivity contribution is -0.129. The van der Waals surface area contributed by atoms with E-state index in [0.717, 1.165) is 38.4 Å². The number of carbonyl (C=O) groups excluding carboxylic acids is 1. The molecule has 1 heterocycles. The molecule has 0 saturated carbocycles. The standard InChI is InChI=1S/C18H28N4O/c1-3-19-18(21-15(2)16-9-5-4-6-10-16)20-12-11-17(23)22-13-7-8-14-22/h4-6,9-10,15H,3,7-8,11-14H2,1-2H3,(H2,19,20,21). The molecule has 0 bridgehead atoms. The maximum absolute atomic E-state index is 12.0. The third-order valence-corrected chi connectivity index (χ3v) is 4.05. The van der Waals surface area contributed by atoms with E-state index in [9.17, 15) is 4.79 Å². The van der Waals surface area contributed by atoms with E-state index in [1.165, 1.54) is 5.56 Å². The van der Waals surface area contributed by atoms with Gasteiger partial charge in [-0.1, -0.05) is 30.3 Å². The molecule has 1 aliphatic rings. The summed E-state index contributed by atoms with van der Waals surface area (Å²) in [5.74, 6) is 0.983. The Labute approximate surface area is 139 Å². The van der Waals surface area contributed by atoms with Gasteiger partial charge in [0.25, 0.3) is 0 Å². The van der Waals surface area contributed by atoms with Crippen LogP contribution in [0.4, 0.5) is 0 Å². The number of hydrogen-bond acceptors (Lipinski definition) is 2. The number of nitrogens with zero attached hydrogens (tertiary/aromatic N) is 2. The van der Waals surface area contributed by atoms with E-state index in [-0.39, 0.29) is 11.9 Å². The van der Waals surface area contributed by atoms with Gasteiger partial charge in [0, 0.05) is 26.1 Å². The number of rotatable bonds is 6. The van der Waals surface area contributed by atoms with Gasteiger partial charge in [-0.25, -0.2) is 0 Å². The molecule has 1 fully saturated rings. The molecule has 23 heavy (non-hydrogen) atoms. The lowest BCUT2D eigenvalue weighted by Crippen LogP contribution is -2.39. The van der Waals surface area contributed by atoms with Crippen molar-refractivity contribution in [3.05, 3.63) is 35.9 Å². The molecule has 5 nitrogen and oxygen atoms in total. The van der Waals surface area contributed by atoms with Crippen molar-refractivity contribution in [2.75, 3.05) is 26.2 Å². The number of aliphatic imine (C=N–C) groups is 1. The molecule has 126 valence electrons. The lowest BCUT2D eigenvalue weighted by Gasteiger charge is -2.18. The van der Waals surface area contributed by atoms with Crippen molar-refractivity contribution in [2.24, 2.45) is 4.99 Å². The number of hydrogen-bond donors (Lipinski definition) is 2. The van der Waals surface area contributed by atoms with Crippen molar-refractivity contribution in [3.63, 3.8) is 0 Å². The summed E-state index contributed by atoms with van der Waals surface area (Å²) in [6.07, 6.45) is 2.75. The zero-order valence-electron chi connectivity index (χ0n) is 14.2. The molecule has 1 amide bonds. The molecule has 1 aromatic carbocycles. The monoisotopic (exact) mass is 316 g/mol. The van der Waals surface area contributed by atoms with Gasteiger partial charge in [-0.05, 0) is 32.3 Å². The summed E-state index contributed by atoms with van der Waals surface area (Å²) in [6, 6.07) is 10.4. The second kappa shape index (κ2) is 9.18. The summed E-state index contributed by atoms with van der Waals surface area (Å²) < 4.78 is 0. The SMILES string of the molecule is CCNC(=NCCC(=O)N1CCCC1)NC(C)c1ccccc1. The summed E-state index contributed by atoms with van der Waals surface area (Å²) in [5.41, 5.74) is 1.21. The smallest absolute Gasteiger partial charge is 0.224 e. The van der Waals surface area contributed by atoms with Crippen LogP contribution in [0.5, 0.6) is 0 Å². The van der Waals surface area contributed by atoms with Gasteiger partial charge in [-0.15, -0.1) is 0 Å². The Morgan fingerprint density at radius 1 is 1.26 bits per heavy atom. The molecule has 1 saturated heterocycles. The quantitative estimate of drug-likeness (QED) is 0.625. The van der Waals surface area contributed by atoms with Gasteiger partial charge in [0.15, 0.2) is 5.96 Å². The number of likely N-dealkylation sites (tertiary alicyclic amines) is 1. The van der Waals surface area contributed by atoms with E-state index < -0.39 is 0 Å². The normalized spacial score (nSPS) is 16.3. The maximum Gasteiger partial charge on any atom is 0.224 e. The van der Waals surface area contributed by atoms with Crippen molar-refractivity contribution in [3.8, 4) is 0 Å². The Balaban J connectivity index is 1.85. The van der Waals surface area contributed by atoms with Gasteiger partial charge >= 0.3 is 0 Å². The van der Waals surface area contributed by atoms with Crippen molar-refractivity contribution < 1.29 is 4.79 Å². The average Bonchev–Trinajstić information content (AvgIpc) is 3.10. The van der Waals surface area contributed by atoms with Gasteiger partial charge in [0.2, 0.25) is 5.91 Å². The molecule has 1 aliphatic heterocycles. The zero-order valence-corrected chi connectivity index (χ0v) is 14.2. The van der Waals surface area contributed by atoms with Crippen molar-refractivity contribution in [1.29, 1.82) is 0 Å². The van der Waals surface area contributed by atoms with E-state index in [1.54, 1.807) is 0 Å². The molecule has 1 aromatic rings. The second-order valence-electron chi connectivity index (χ2n) is 5.88. The van der Waals surface area contributed by atoms with Gasteiger partial charge in [0.05, 0.1) is 12.6 Å². The van der Waals surface area contributed by atoms with Crippen LogP contribution in [0.1, 0.15) is 44.7 Å².